The summed E-state index contributed by atoms with van der Waals surface area (Å²) in [5.41, 5.74) is 0.938. The van der Waals surface area contributed by atoms with E-state index in [1.54, 1.807) is 6.20 Å². The molecule has 7 nitrogen and oxygen atoms in total. The molecule has 0 aliphatic rings. The van der Waals surface area contributed by atoms with E-state index in [1.807, 2.05) is 35.7 Å². The average molecular weight is 250 g/mol. The fourth-order valence-corrected chi connectivity index (χ4v) is 1.62. The summed E-state index contributed by atoms with van der Waals surface area (Å²) in [7, 11) is 1.89. The van der Waals surface area contributed by atoms with Crippen LogP contribution in [0.2, 0.25) is 0 Å². The minimum Gasteiger partial charge on any atom is -0.491 e. The van der Waals surface area contributed by atoms with Crippen molar-refractivity contribution in [1.29, 1.82) is 0 Å². The summed E-state index contributed by atoms with van der Waals surface area (Å²) in [5, 5.41) is 15.3. The maximum absolute atomic E-state index is 5.35. The molecule has 0 spiro atoms. The third-order valence-corrected chi connectivity index (χ3v) is 2.42. The van der Waals surface area contributed by atoms with E-state index >= 15 is 0 Å². The lowest BCUT2D eigenvalue weighted by atomic mass is 10.5. The van der Waals surface area contributed by atoms with Crippen molar-refractivity contribution in [2.75, 3.05) is 13.7 Å². The van der Waals surface area contributed by atoms with Gasteiger partial charge in [0.15, 0.2) is 5.75 Å². The molecule has 0 saturated carbocycles. The average Bonchev–Trinajstić information content (AvgIpc) is 2.97. The second-order valence-corrected chi connectivity index (χ2v) is 3.88. The van der Waals surface area contributed by atoms with Gasteiger partial charge in [0.2, 0.25) is 0 Å². The van der Waals surface area contributed by atoms with Crippen molar-refractivity contribution in [2.24, 2.45) is 0 Å². The van der Waals surface area contributed by atoms with E-state index in [1.165, 1.54) is 0 Å². The first kappa shape index (κ1) is 12.6. The molecule has 2 aromatic rings. The quantitative estimate of drug-likeness (QED) is 0.765. The van der Waals surface area contributed by atoms with Crippen LogP contribution in [0.5, 0.6) is 5.75 Å². The van der Waals surface area contributed by atoms with Crippen molar-refractivity contribution in [2.45, 2.75) is 26.6 Å². The van der Waals surface area contributed by atoms with Gasteiger partial charge in [-0.1, -0.05) is 5.21 Å². The minimum absolute atomic E-state index is 0.655. The molecule has 0 unspecified atom stereocenters. The van der Waals surface area contributed by atoms with E-state index in [0.717, 1.165) is 31.1 Å². The zero-order valence-electron chi connectivity index (χ0n) is 10.7. The first-order valence-electron chi connectivity index (χ1n) is 6.00. The monoisotopic (exact) mass is 250 g/mol. The van der Waals surface area contributed by atoms with Crippen LogP contribution in [0.3, 0.4) is 0 Å². The second-order valence-electron chi connectivity index (χ2n) is 3.88. The van der Waals surface area contributed by atoms with E-state index in [-0.39, 0.29) is 0 Å². The van der Waals surface area contributed by atoms with Gasteiger partial charge in [-0.05, 0) is 14.0 Å². The standard InChI is InChI=1S/C11H18N6O/c1-3-18-11-7-13-16(9-11)4-5-17-8-10(6-12-2)14-15-17/h7-9,12H,3-6H2,1-2H3. The summed E-state index contributed by atoms with van der Waals surface area (Å²) < 4.78 is 9.00. The number of nitrogens with zero attached hydrogens (tertiary/aromatic N) is 5. The van der Waals surface area contributed by atoms with Gasteiger partial charge in [-0.2, -0.15) is 5.10 Å². The normalized spacial score (nSPS) is 10.8. The number of hydrogen-bond acceptors (Lipinski definition) is 5. The molecule has 2 rings (SSSR count). The van der Waals surface area contributed by atoms with Gasteiger partial charge in [0.1, 0.15) is 0 Å². The van der Waals surface area contributed by atoms with Gasteiger partial charge in [-0.15, -0.1) is 5.10 Å². The summed E-state index contributed by atoms with van der Waals surface area (Å²) in [4.78, 5) is 0. The Morgan fingerprint density at radius 3 is 2.89 bits per heavy atom. The van der Waals surface area contributed by atoms with Crippen molar-refractivity contribution < 1.29 is 4.74 Å². The number of hydrogen-bond donors (Lipinski definition) is 1. The van der Waals surface area contributed by atoms with E-state index in [2.05, 4.69) is 20.7 Å². The van der Waals surface area contributed by atoms with E-state index in [9.17, 15) is 0 Å². The molecule has 0 fully saturated rings. The highest BCUT2D eigenvalue weighted by atomic mass is 16.5. The number of nitrogens with one attached hydrogen (secondary N) is 1. The minimum atomic E-state index is 0.655. The molecule has 98 valence electrons. The Morgan fingerprint density at radius 1 is 1.28 bits per heavy atom. The lowest BCUT2D eigenvalue weighted by Gasteiger charge is -2.00. The maximum atomic E-state index is 5.35. The van der Waals surface area contributed by atoms with Crippen LogP contribution in [-0.4, -0.2) is 38.4 Å². The van der Waals surface area contributed by atoms with Crippen molar-refractivity contribution >= 4 is 0 Å². The summed E-state index contributed by atoms with van der Waals surface area (Å²) in [6.45, 7) is 4.83. The molecule has 0 atom stereocenters. The number of ether oxygens (including phenoxy) is 1. The lowest BCUT2D eigenvalue weighted by Crippen LogP contribution is -2.08. The van der Waals surface area contributed by atoms with Gasteiger partial charge in [-0.3, -0.25) is 9.36 Å². The number of rotatable bonds is 7. The molecule has 0 amide bonds. The van der Waals surface area contributed by atoms with Gasteiger partial charge in [0.05, 0.1) is 37.8 Å². The summed E-state index contributed by atoms with van der Waals surface area (Å²) in [6, 6.07) is 0. The van der Waals surface area contributed by atoms with Gasteiger partial charge in [0, 0.05) is 12.7 Å². The highest BCUT2D eigenvalue weighted by molar-refractivity contribution is 5.11. The van der Waals surface area contributed by atoms with Crippen LogP contribution in [0.4, 0.5) is 0 Å². The smallest absolute Gasteiger partial charge is 0.157 e. The largest absolute Gasteiger partial charge is 0.491 e. The molecule has 7 heteroatoms. The van der Waals surface area contributed by atoms with Gasteiger partial charge in [-0.25, -0.2) is 0 Å². The third-order valence-electron chi connectivity index (χ3n) is 2.42. The molecule has 0 aromatic carbocycles. The molecule has 0 radical (unpaired) electrons. The van der Waals surface area contributed by atoms with E-state index in [0.29, 0.717) is 6.61 Å². The fraction of sp³-hybridized carbons (Fsp3) is 0.545. The van der Waals surface area contributed by atoms with Crippen molar-refractivity contribution in [1.82, 2.24) is 30.1 Å². The van der Waals surface area contributed by atoms with Crippen LogP contribution in [0.1, 0.15) is 12.6 Å². The van der Waals surface area contributed by atoms with Crippen LogP contribution in [0.15, 0.2) is 18.6 Å². The number of aryl methyl sites for hydroxylation is 2. The van der Waals surface area contributed by atoms with E-state index < -0.39 is 0 Å². The Kier molecular flexibility index (Phi) is 4.30. The molecule has 2 heterocycles. The van der Waals surface area contributed by atoms with Gasteiger partial charge in [0.25, 0.3) is 0 Å². The summed E-state index contributed by atoms with van der Waals surface area (Å²) in [5.74, 6) is 0.798. The molecule has 0 aliphatic carbocycles. The summed E-state index contributed by atoms with van der Waals surface area (Å²) in [6.07, 6.45) is 5.54. The molecular weight excluding hydrogens is 232 g/mol. The molecule has 0 bridgehead atoms. The Hall–Kier alpha value is -1.89. The number of aromatic nitrogens is 5. The maximum Gasteiger partial charge on any atom is 0.157 e. The van der Waals surface area contributed by atoms with Crippen molar-refractivity contribution in [3.8, 4) is 5.75 Å². The van der Waals surface area contributed by atoms with Crippen LogP contribution >= 0.6 is 0 Å². The predicted octanol–water partition coefficient (Wildman–Crippen LogP) is 0.293. The predicted molar refractivity (Wildman–Crippen MR) is 66.2 cm³/mol. The Morgan fingerprint density at radius 2 is 2.11 bits per heavy atom. The Bertz CT molecular complexity index is 433. The van der Waals surface area contributed by atoms with Crippen LogP contribution < -0.4 is 10.1 Å². The topological polar surface area (TPSA) is 69.8 Å². The summed E-state index contributed by atoms with van der Waals surface area (Å²) >= 11 is 0. The first-order valence-corrected chi connectivity index (χ1v) is 6.00. The Labute approximate surface area is 106 Å². The van der Waals surface area contributed by atoms with Crippen molar-refractivity contribution in [3.05, 3.63) is 24.3 Å². The Balaban J connectivity index is 1.85. The third kappa shape index (κ3) is 3.30. The highest BCUT2D eigenvalue weighted by Gasteiger charge is 2.01. The van der Waals surface area contributed by atoms with Crippen LogP contribution in [0.25, 0.3) is 0 Å². The van der Waals surface area contributed by atoms with Gasteiger partial charge >= 0.3 is 0 Å². The fourth-order valence-electron chi connectivity index (χ4n) is 1.62. The molecule has 1 N–H and O–H groups in total. The van der Waals surface area contributed by atoms with E-state index in [4.69, 9.17) is 4.74 Å². The zero-order chi connectivity index (χ0) is 12.8. The zero-order valence-corrected chi connectivity index (χ0v) is 10.7. The molecule has 0 saturated heterocycles. The highest BCUT2D eigenvalue weighted by Crippen LogP contribution is 2.07. The lowest BCUT2D eigenvalue weighted by molar-refractivity contribution is 0.339. The van der Waals surface area contributed by atoms with Gasteiger partial charge < -0.3 is 10.1 Å². The second kappa shape index (κ2) is 6.15. The molecular formula is C11H18N6O. The van der Waals surface area contributed by atoms with Crippen LogP contribution in [-0.2, 0) is 19.6 Å². The molecule has 2 aromatic heterocycles. The van der Waals surface area contributed by atoms with Crippen LogP contribution in [0, 0.1) is 0 Å². The van der Waals surface area contributed by atoms with Crippen molar-refractivity contribution in [3.63, 3.8) is 0 Å². The molecule has 0 aliphatic heterocycles. The molecule has 18 heavy (non-hydrogen) atoms. The SMILES string of the molecule is CCOc1cnn(CCn2cc(CNC)nn2)c1. The first-order chi connectivity index (χ1) is 8.81.